The smallest absolute Gasteiger partial charge is 0.263 e. The zero-order valence-corrected chi connectivity index (χ0v) is 12.3. The molecule has 0 radical (unpaired) electrons. The molecule has 1 amide bonds. The van der Waals surface area contributed by atoms with Crippen LogP contribution in [-0.4, -0.2) is 16.1 Å². The highest BCUT2D eigenvalue weighted by molar-refractivity contribution is 7.21. The highest BCUT2D eigenvalue weighted by Crippen LogP contribution is 2.31. The van der Waals surface area contributed by atoms with Crippen LogP contribution in [0.4, 0.5) is 5.69 Å². The first-order valence-corrected chi connectivity index (χ1v) is 7.67. The van der Waals surface area contributed by atoms with Crippen LogP contribution in [0.25, 0.3) is 10.2 Å². The van der Waals surface area contributed by atoms with E-state index in [-0.39, 0.29) is 5.91 Å². The molecule has 3 heterocycles. The lowest BCUT2D eigenvalue weighted by atomic mass is 10.2. The molecule has 0 spiro atoms. The minimum atomic E-state index is -0.168. The lowest BCUT2D eigenvalue weighted by molar-refractivity contribution is 0.0956. The highest BCUT2D eigenvalue weighted by atomic mass is 32.1. The Balaban J connectivity index is 1.82. The first-order chi connectivity index (χ1) is 9.66. The Morgan fingerprint density at radius 1 is 1.45 bits per heavy atom. The van der Waals surface area contributed by atoms with Gasteiger partial charge in [-0.3, -0.25) is 4.79 Å². The van der Waals surface area contributed by atoms with E-state index in [2.05, 4.69) is 15.5 Å². The van der Waals surface area contributed by atoms with Crippen LogP contribution in [0.5, 0.6) is 0 Å². The summed E-state index contributed by atoms with van der Waals surface area (Å²) in [6.07, 6.45) is 1.57. The number of hydrogen-bond donors (Lipinski definition) is 2. The fraction of sp³-hybridized carbons (Fsp3) is 0.154. The third-order valence-corrected chi connectivity index (χ3v) is 5.13. The molecule has 0 atom stereocenters. The molecule has 0 unspecified atom stereocenters. The summed E-state index contributed by atoms with van der Waals surface area (Å²) in [6, 6.07) is 3.81. The number of carbonyl (C=O) groups is 1. The summed E-state index contributed by atoms with van der Waals surface area (Å²) in [5.41, 5.74) is 7.66. The number of fused-ring (bicyclic) bond motifs is 1. The summed E-state index contributed by atoms with van der Waals surface area (Å²) >= 11 is 2.90. The van der Waals surface area contributed by atoms with Crippen molar-refractivity contribution < 1.29 is 4.79 Å². The van der Waals surface area contributed by atoms with Gasteiger partial charge >= 0.3 is 0 Å². The molecule has 3 aromatic heterocycles. The maximum absolute atomic E-state index is 12.2. The van der Waals surface area contributed by atoms with E-state index in [9.17, 15) is 4.79 Å². The van der Waals surface area contributed by atoms with Gasteiger partial charge in [0, 0.05) is 10.3 Å². The molecule has 7 heteroatoms. The van der Waals surface area contributed by atoms with Crippen LogP contribution in [-0.2, 0) is 6.54 Å². The molecule has 0 saturated carbocycles. The molecule has 5 nitrogen and oxygen atoms in total. The molecule has 0 aliphatic heterocycles. The number of aryl methyl sites for hydroxylation is 1. The number of rotatable bonds is 3. The normalized spacial score (nSPS) is 10.8. The Bertz CT molecular complexity index is 778. The van der Waals surface area contributed by atoms with Crippen LogP contribution in [0.1, 0.15) is 20.1 Å². The van der Waals surface area contributed by atoms with Gasteiger partial charge in [-0.25, -0.2) is 0 Å². The Labute approximate surface area is 123 Å². The van der Waals surface area contributed by atoms with E-state index in [0.717, 1.165) is 10.3 Å². The fourth-order valence-corrected chi connectivity index (χ4v) is 3.67. The van der Waals surface area contributed by atoms with E-state index < -0.39 is 0 Å². The molecule has 3 N–H and O–H groups in total. The predicted octanol–water partition coefficient (Wildman–Crippen LogP) is 2.57. The van der Waals surface area contributed by atoms with E-state index in [4.69, 9.17) is 5.73 Å². The van der Waals surface area contributed by atoms with Crippen molar-refractivity contribution in [3.8, 4) is 0 Å². The van der Waals surface area contributed by atoms with Gasteiger partial charge in [-0.1, -0.05) is 0 Å². The quantitative estimate of drug-likeness (QED) is 0.779. The fourth-order valence-electron chi connectivity index (χ4n) is 1.87. The SMILES string of the molecule is Cc1ccsc1CNC(=O)c1sc2nnccc2c1N. The van der Waals surface area contributed by atoms with E-state index >= 15 is 0 Å². The molecule has 3 rings (SSSR count). The zero-order chi connectivity index (χ0) is 14.1. The highest BCUT2D eigenvalue weighted by Gasteiger charge is 2.17. The van der Waals surface area contributed by atoms with Crippen LogP contribution >= 0.6 is 22.7 Å². The minimum Gasteiger partial charge on any atom is -0.397 e. The summed E-state index contributed by atoms with van der Waals surface area (Å²) in [4.78, 5) is 14.5. The first kappa shape index (κ1) is 13.0. The second-order valence-electron chi connectivity index (χ2n) is 4.30. The molecule has 0 aliphatic carbocycles. The van der Waals surface area contributed by atoms with Gasteiger partial charge in [-0.2, -0.15) is 5.10 Å². The number of amides is 1. The number of nitrogen functional groups attached to an aromatic ring is 1. The molecule has 0 saturated heterocycles. The number of nitrogens with two attached hydrogens (primary N) is 1. The van der Waals surface area contributed by atoms with Crippen LogP contribution in [0.3, 0.4) is 0 Å². The van der Waals surface area contributed by atoms with Gasteiger partial charge < -0.3 is 11.1 Å². The van der Waals surface area contributed by atoms with Gasteiger partial charge in [0.2, 0.25) is 0 Å². The predicted molar refractivity (Wildman–Crippen MR) is 82.1 cm³/mol. The lowest BCUT2D eigenvalue weighted by Gasteiger charge is -2.03. The van der Waals surface area contributed by atoms with Crippen molar-refractivity contribution in [2.45, 2.75) is 13.5 Å². The molecule has 0 fully saturated rings. The Kier molecular flexibility index (Phi) is 3.37. The monoisotopic (exact) mass is 304 g/mol. The first-order valence-electron chi connectivity index (χ1n) is 5.97. The van der Waals surface area contributed by atoms with Crippen molar-refractivity contribution in [1.29, 1.82) is 0 Å². The third-order valence-electron chi connectivity index (χ3n) is 3.00. The standard InChI is InChI=1S/C13H12N4OS2/c1-7-3-5-19-9(7)6-15-12(18)11-10(14)8-2-4-16-17-13(8)20-11/h2-5H,6,14H2,1H3,(H,15,18). The Hall–Kier alpha value is -1.99. The number of carbonyl (C=O) groups excluding carboxylic acids is 1. The van der Waals surface area contributed by atoms with Gasteiger partial charge in [-0.05, 0) is 30.0 Å². The van der Waals surface area contributed by atoms with Gasteiger partial charge in [0.25, 0.3) is 5.91 Å². The number of hydrogen-bond acceptors (Lipinski definition) is 6. The molecular weight excluding hydrogens is 292 g/mol. The van der Waals surface area contributed by atoms with E-state index in [1.54, 1.807) is 23.6 Å². The van der Waals surface area contributed by atoms with E-state index in [1.807, 2.05) is 18.4 Å². The van der Waals surface area contributed by atoms with Crippen molar-refractivity contribution in [3.63, 3.8) is 0 Å². The summed E-state index contributed by atoms with van der Waals surface area (Å²) in [5, 5.41) is 13.5. The topological polar surface area (TPSA) is 80.9 Å². The summed E-state index contributed by atoms with van der Waals surface area (Å²) in [6.45, 7) is 2.54. The third kappa shape index (κ3) is 2.25. The molecule has 0 aromatic carbocycles. The van der Waals surface area contributed by atoms with Crippen LogP contribution < -0.4 is 11.1 Å². The molecule has 102 valence electrons. The van der Waals surface area contributed by atoms with E-state index in [0.29, 0.717) is 21.9 Å². The van der Waals surface area contributed by atoms with Crippen molar-refractivity contribution in [2.75, 3.05) is 5.73 Å². The van der Waals surface area contributed by atoms with Crippen molar-refractivity contribution in [3.05, 3.63) is 39.0 Å². The van der Waals surface area contributed by atoms with Crippen LogP contribution in [0.2, 0.25) is 0 Å². The van der Waals surface area contributed by atoms with Gasteiger partial charge in [0.1, 0.15) is 9.71 Å². The maximum atomic E-state index is 12.2. The largest absolute Gasteiger partial charge is 0.397 e. The van der Waals surface area contributed by atoms with Gasteiger partial charge in [-0.15, -0.1) is 27.8 Å². The van der Waals surface area contributed by atoms with Crippen molar-refractivity contribution in [2.24, 2.45) is 0 Å². The van der Waals surface area contributed by atoms with Crippen molar-refractivity contribution in [1.82, 2.24) is 15.5 Å². The maximum Gasteiger partial charge on any atom is 0.263 e. The molecule has 0 aliphatic rings. The van der Waals surface area contributed by atoms with Gasteiger partial charge in [0.05, 0.1) is 18.4 Å². The van der Waals surface area contributed by atoms with Crippen molar-refractivity contribution >= 4 is 44.5 Å². The summed E-state index contributed by atoms with van der Waals surface area (Å²) < 4.78 is 0. The molecule has 0 bridgehead atoms. The molecule has 3 aromatic rings. The van der Waals surface area contributed by atoms with E-state index in [1.165, 1.54) is 16.9 Å². The zero-order valence-electron chi connectivity index (χ0n) is 10.7. The molecule has 20 heavy (non-hydrogen) atoms. The number of nitrogens with zero attached hydrogens (tertiary/aromatic N) is 2. The lowest BCUT2D eigenvalue weighted by Crippen LogP contribution is -2.22. The Morgan fingerprint density at radius 2 is 2.30 bits per heavy atom. The Morgan fingerprint density at radius 3 is 3.00 bits per heavy atom. The van der Waals surface area contributed by atoms with Crippen LogP contribution in [0, 0.1) is 6.92 Å². The second-order valence-corrected chi connectivity index (χ2v) is 6.30. The number of nitrogens with one attached hydrogen (secondary N) is 1. The van der Waals surface area contributed by atoms with Gasteiger partial charge in [0.15, 0.2) is 0 Å². The summed E-state index contributed by atoms with van der Waals surface area (Å²) in [7, 11) is 0. The molecular formula is C13H12N4OS2. The number of thiophene rings is 2. The number of anilines is 1. The average molecular weight is 304 g/mol. The average Bonchev–Trinajstić information content (AvgIpc) is 3.01. The number of aromatic nitrogens is 2. The minimum absolute atomic E-state index is 0.168. The second kappa shape index (κ2) is 5.18. The van der Waals surface area contributed by atoms with Crippen LogP contribution in [0.15, 0.2) is 23.7 Å². The summed E-state index contributed by atoms with van der Waals surface area (Å²) in [5.74, 6) is -0.168.